The van der Waals surface area contributed by atoms with Crippen molar-refractivity contribution < 1.29 is 4.79 Å². The topological polar surface area (TPSA) is 63.9 Å². The van der Waals surface area contributed by atoms with Crippen LogP contribution in [0.15, 0.2) is 36.8 Å². The minimum absolute atomic E-state index is 0.0373. The number of aromatic nitrogens is 4. The molecule has 1 aliphatic heterocycles. The van der Waals surface area contributed by atoms with Crippen LogP contribution in [0.5, 0.6) is 0 Å². The second-order valence-corrected chi connectivity index (χ2v) is 7.03. The molecule has 0 saturated carbocycles. The smallest absolute Gasteiger partial charge is 0.155 e. The van der Waals surface area contributed by atoms with E-state index in [0.717, 1.165) is 40.9 Å². The second kappa shape index (κ2) is 6.96. The van der Waals surface area contributed by atoms with Crippen molar-refractivity contribution in [2.24, 2.45) is 7.05 Å². The van der Waals surface area contributed by atoms with Gasteiger partial charge in [0.05, 0.1) is 29.9 Å². The average molecular weight is 349 g/mol. The van der Waals surface area contributed by atoms with E-state index in [4.69, 9.17) is 4.98 Å². The fourth-order valence-corrected chi connectivity index (χ4v) is 3.53. The van der Waals surface area contributed by atoms with Gasteiger partial charge in [-0.1, -0.05) is 0 Å². The van der Waals surface area contributed by atoms with Gasteiger partial charge in [0, 0.05) is 36.1 Å². The standard InChI is InChI=1S/C20H23N5O/c1-14(25-7-3-4-8-25)20(26)10-17-9-19-15(11-21-17)5-6-18(23-19)16-12-22-24(2)13-16/h5-6,9,11-14H,3-4,7-8,10H2,1-2H3/t14-/m0/s1. The van der Waals surface area contributed by atoms with Crippen LogP contribution in [0.1, 0.15) is 25.5 Å². The molecule has 0 bridgehead atoms. The number of nitrogens with zero attached hydrogens (tertiary/aromatic N) is 5. The van der Waals surface area contributed by atoms with Gasteiger partial charge in [0.15, 0.2) is 5.78 Å². The number of Topliss-reactive ketones (excluding diaryl/α,β-unsaturated/α-hetero) is 1. The van der Waals surface area contributed by atoms with E-state index < -0.39 is 0 Å². The van der Waals surface area contributed by atoms with Crippen molar-refractivity contribution in [1.29, 1.82) is 0 Å². The molecule has 0 spiro atoms. The zero-order valence-corrected chi connectivity index (χ0v) is 15.2. The van der Waals surface area contributed by atoms with Gasteiger partial charge in [0.1, 0.15) is 0 Å². The summed E-state index contributed by atoms with van der Waals surface area (Å²) in [5.74, 6) is 0.224. The summed E-state index contributed by atoms with van der Waals surface area (Å²) < 4.78 is 1.76. The summed E-state index contributed by atoms with van der Waals surface area (Å²) in [6.45, 7) is 4.05. The molecule has 6 nitrogen and oxygen atoms in total. The zero-order chi connectivity index (χ0) is 18.1. The van der Waals surface area contributed by atoms with Gasteiger partial charge in [0.2, 0.25) is 0 Å². The molecule has 3 aromatic rings. The van der Waals surface area contributed by atoms with Crippen molar-refractivity contribution in [3.05, 3.63) is 42.5 Å². The lowest BCUT2D eigenvalue weighted by Crippen LogP contribution is -2.37. The predicted molar refractivity (Wildman–Crippen MR) is 101 cm³/mol. The Morgan fingerprint density at radius 2 is 2.04 bits per heavy atom. The van der Waals surface area contributed by atoms with Crippen molar-refractivity contribution in [3.8, 4) is 11.3 Å². The fraction of sp³-hybridized carbons (Fsp3) is 0.400. The maximum absolute atomic E-state index is 12.6. The minimum Gasteiger partial charge on any atom is -0.298 e. The summed E-state index contributed by atoms with van der Waals surface area (Å²) in [4.78, 5) is 24.1. The van der Waals surface area contributed by atoms with Gasteiger partial charge in [-0.15, -0.1) is 0 Å². The maximum atomic E-state index is 12.6. The molecule has 4 rings (SSSR count). The van der Waals surface area contributed by atoms with Gasteiger partial charge in [0.25, 0.3) is 0 Å². The molecule has 26 heavy (non-hydrogen) atoms. The van der Waals surface area contributed by atoms with Crippen LogP contribution in [-0.2, 0) is 18.3 Å². The lowest BCUT2D eigenvalue weighted by Gasteiger charge is -2.22. The number of fused-ring (bicyclic) bond motifs is 1. The summed E-state index contributed by atoms with van der Waals surface area (Å²) in [5.41, 5.74) is 3.49. The normalized spacial score (nSPS) is 16.2. The van der Waals surface area contributed by atoms with Crippen LogP contribution in [0, 0.1) is 0 Å². The number of ketones is 1. The second-order valence-electron chi connectivity index (χ2n) is 7.03. The lowest BCUT2D eigenvalue weighted by atomic mass is 10.1. The molecular weight excluding hydrogens is 326 g/mol. The van der Waals surface area contributed by atoms with Gasteiger partial charge in [-0.05, 0) is 51.1 Å². The molecule has 1 saturated heterocycles. The third-order valence-electron chi connectivity index (χ3n) is 5.14. The summed E-state index contributed by atoms with van der Waals surface area (Å²) in [5, 5.41) is 5.18. The molecule has 4 heterocycles. The molecule has 0 unspecified atom stereocenters. The van der Waals surface area contributed by atoms with E-state index in [9.17, 15) is 4.79 Å². The highest BCUT2D eigenvalue weighted by Gasteiger charge is 2.24. The molecule has 134 valence electrons. The maximum Gasteiger partial charge on any atom is 0.155 e. The molecule has 0 N–H and O–H groups in total. The summed E-state index contributed by atoms with van der Waals surface area (Å²) >= 11 is 0. The minimum atomic E-state index is -0.0373. The van der Waals surface area contributed by atoms with Crippen LogP contribution in [0.2, 0.25) is 0 Å². The Morgan fingerprint density at radius 1 is 1.23 bits per heavy atom. The molecule has 0 aliphatic carbocycles. The highest BCUT2D eigenvalue weighted by atomic mass is 16.1. The Kier molecular flexibility index (Phi) is 4.51. The molecular formula is C20H23N5O. The Labute approximate surface area is 152 Å². The van der Waals surface area contributed by atoms with Crippen molar-refractivity contribution in [3.63, 3.8) is 0 Å². The van der Waals surface area contributed by atoms with Gasteiger partial charge in [-0.2, -0.15) is 5.10 Å². The number of carbonyl (C=O) groups is 1. The summed E-state index contributed by atoms with van der Waals surface area (Å²) in [7, 11) is 1.89. The van der Waals surface area contributed by atoms with Gasteiger partial charge >= 0.3 is 0 Å². The van der Waals surface area contributed by atoms with E-state index in [0.29, 0.717) is 6.42 Å². The molecule has 1 atom stereocenters. The molecule has 1 aliphatic rings. The largest absolute Gasteiger partial charge is 0.298 e. The number of rotatable bonds is 5. The Hall–Kier alpha value is -2.60. The Morgan fingerprint density at radius 3 is 2.77 bits per heavy atom. The number of likely N-dealkylation sites (tertiary alicyclic amines) is 1. The SMILES string of the molecule is C[C@@H](C(=O)Cc1cc2nc(-c3cnn(C)c3)ccc2cn1)N1CCCC1. The number of aryl methyl sites for hydroxylation is 1. The molecule has 0 aromatic carbocycles. The van der Waals surface area contributed by atoms with E-state index in [-0.39, 0.29) is 11.8 Å². The molecule has 0 radical (unpaired) electrons. The van der Waals surface area contributed by atoms with Crippen LogP contribution in [0.3, 0.4) is 0 Å². The van der Waals surface area contributed by atoms with Crippen molar-refractivity contribution >= 4 is 16.7 Å². The molecule has 0 amide bonds. The van der Waals surface area contributed by atoms with Gasteiger partial charge < -0.3 is 0 Å². The summed E-state index contributed by atoms with van der Waals surface area (Å²) in [6.07, 6.45) is 8.28. The number of pyridine rings is 2. The third kappa shape index (κ3) is 3.37. The zero-order valence-electron chi connectivity index (χ0n) is 15.2. The molecule has 3 aromatic heterocycles. The average Bonchev–Trinajstić information content (AvgIpc) is 3.32. The van der Waals surface area contributed by atoms with Crippen molar-refractivity contribution in [1.82, 2.24) is 24.6 Å². The first-order valence-corrected chi connectivity index (χ1v) is 9.11. The van der Waals surface area contributed by atoms with Crippen LogP contribution in [0.25, 0.3) is 22.2 Å². The quantitative estimate of drug-likeness (QED) is 0.708. The highest BCUT2D eigenvalue weighted by Crippen LogP contribution is 2.21. The van der Waals surface area contributed by atoms with Crippen molar-refractivity contribution in [2.45, 2.75) is 32.2 Å². The highest BCUT2D eigenvalue weighted by molar-refractivity contribution is 5.87. The number of hydrogen-bond acceptors (Lipinski definition) is 5. The number of hydrogen-bond donors (Lipinski definition) is 0. The molecule has 6 heteroatoms. The lowest BCUT2D eigenvalue weighted by molar-refractivity contribution is -0.122. The van der Waals surface area contributed by atoms with Crippen LogP contribution < -0.4 is 0 Å². The Balaban J connectivity index is 1.57. The van der Waals surface area contributed by atoms with Crippen LogP contribution in [0.4, 0.5) is 0 Å². The fourth-order valence-electron chi connectivity index (χ4n) is 3.53. The predicted octanol–water partition coefficient (Wildman–Crippen LogP) is 2.63. The van der Waals surface area contributed by atoms with Crippen LogP contribution >= 0.6 is 0 Å². The van der Waals surface area contributed by atoms with E-state index in [1.807, 2.05) is 38.4 Å². The van der Waals surface area contributed by atoms with Gasteiger partial charge in [-0.25, -0.2) is 4.98 Å². The van der Waals surface area contributed by atoms with Crippen molar-refractivity contribution in [2.75, 3.05) is 13.1 Å². The van der Waals surface area contributed by atoms with E-state index in [1.165, 1.54) is 12.8 Å². The van der Waals surface area contributed by atoms with Gasteiger partial charge in [-0.3, -0.25) is 19.4 Å². The first kappa shape index (κ1) is 16.8. The Bertz CT molecular complexity index is 942. The summed E-state index contributed by atoms with van der Waals surface area (Å²) in [6, 6.07) is 5.88. The van der Waals surface area contributed by atoms with E-state index >= 15 is 0 Å². The first-order chi connectivity index (χ1) is 12.6. The van der Waals surface area contributed by atoms with Crippen LogP contribution in [-0.4, -0.2) is 49.6 Å². The first-order valence-electron chi connectivity index (χ1n) is 9.11. The van der Waals surface area contributed by atoms with E-state index in [2.05, 4.69) is 15.0 Å². The monoisotopic (exact) mass is 349 g/mol. The van der Waals surface area contributed by atoms with E-state index in [1.54, 1.807) is 17.1 Å². The third-order valence-corrected chi connectivity index (χ3v) is 5.14. The number of carbonyl (C=O) groups excluding carboxylic acids is 1. The molecule has 1 fully saturated rings.